The summed E-state index contributed by atoms with van der Waals surface area (Å²) in [6.07, 6.45) is 2.24. The first kappa shape index (κ1) is 14.0. The standard InChI is InChI=1S/C15H26N2/c1-12(2)10-14-4-6-15(7-5-14)17-11-13(3)8-9-16/h4-7,12-13,17H,8-11,16H2,1-3H3. The van der Waals surface area contributed by atoms with Crippen LogP contribution in [0.15, 0.2) is 24.3 Å². The van der Waals surface area contributed by atoms with Crippen LogP contribution >= 0.6 is 0 Å². The van der Waals surface area contributed by atoms with Gasteiger partial charge >= 0.3 is 0 Å². The molecule has 0 aliphatic rings. The van der Waals surface area contributed by atoms with Gasteiger partial charge in [-0.05, 0) is 48.9 Å². The molecule has 1 atom stereocenters. The lowest BCUT2D eigenvalue weighted by molar-refractivity contribution is 0.568. The third-order valence-electron chi connectivity index (χ3n) is 2.91. The lowest BCUT2D eigenvalue weighted by Gasteiger charge is -2.13. The molecule has 0 saturated carbocycles. The van der Waals surface area contributed by atoms with Crippen molar-refractivity contribution in [1.29, 1.82) is 0 Å². The zero-order chi connectivity index (χ0) is 12.7. The van der Waals surface area contributed by atoms with Gasteiger partial charge in [0.05, 0.1) is 0 Å². The zero-order valence-electron chi connectivity index (χ0n) is 11.4. The Bertz CT molecular complexity index is 303. The summed E-state index contributed by atoms with van der Waals surface area (Å²) in [7, 11) is 0. The van der Waals surface area contributed by atoms with Crippen LogP contribution in [0.5, 0.6) is 0 Å². The van der Waals surface area contributed by atoms with Crippen LogP contribution in [0.2, 0.25) is 0 Å². The van der Waals surface area contributed by atoms with Crippen LogP contribution in [0.4, 0.5) is 5.69 Å². The van der Waals surface area contributed by atoms with E-state index in [0.29, 0.717) is 5.92 Å². The summed E-state index contributed by atoms with van der Waals surface area (Å²) >= 11 is 0. The quantitative estimate of drug-likeness (QED) is 0.760. The SMILES string of the molecule is CC(C)Cc1ccc(NCC(C)CCN)cc1. The first-order chi connectivity index (χ1) is 8.11. The van der Waals surface area contributed by atoms with Crippen LogP contribution in [0, 0.1) is 11.8 Å². The van der Waals surface area contributed by atoms with Gasteiger partial charge in [0.25, 0.3) is 0 Å². The smallest absolute Gasteiger partial charge is 0.0340 e. The molecule has 0 heterocycles. The van der Waals surface area contributed by atoms with Gasteiger partial charge in [-0.1, -0.05) is 32.9 Å². The molecule has 0 bridgehead atoms. The van der Waals surface area contributed by atoms with Crippen molar-refractivity contribution in [3.8, 4) is 0 Å². The molecular formula is C15H26N2. The van der Waals surface area contributed by atoms with Crippen molar-refractivity contribution in [3.63, 3.8) is 0 Å². The summed E-state index contributed by atoms with van der Waals surface area (Å²) in [6, 6.07) is 8.78. The van der Waals surface area contributed by atoms with E-state index in [1.165, 1.54) is 11.3 Å². The minimum atomic E-state index is 0.635. The number of anilines is 1. The average Bonchev–Trinajstić information content (AvgIpc) is 2.28. The van der Waals surface area contributed by atoms with E-state index in [1.807, 2.05) is 0 Å². The van der Waals surface area contributed by atoms with Gasteiger partial charge in [0, 0.05) is 12.2 Å². The molecule has 0 aliphatic carbocycles. The van der Waals surface area contributed by atoms with Gasteiger partial charge < -0.3 is 11.1 Å². The highest BCUT2D eigenvalue weighted by molar-refractivity contribution is 5.44. The van der Waals surface area contributed by atoms with Crippen LogP contribution in [0.1, 0.15) is 32.8 Å². The molecule has 2 heteroatoms. The Hall–Kier alpha value is -1.02. The third kappa shape index (κ3) is 5.73. The Labute approximate surface area is 106 Å². The van der Waals surface area contributed by atoms with E-state index >= 15 is 0 Å². The second kappa shape index (κ2) is 7.33. The van der Waals surface area contributed by atoms with Crippen molar-refractivity contribution >= 4 is 5.69 Å². The van der Waals surface area contributed by atoms with Crippen LogP contribution in [-0.4, -0.2) is 13.1 Å². The van der Waals surface area contributed by atoms with Gasteiger partial charge in [-0.15, -0.1) is 0 Å². The number of nitrogens with one attached hydrogen (secondary N) is 1. The summed E-state index contributed by atoms with van der Waals surface area (Å²) in [5, 5.41) is 3.45. The molecule has 0 saturated heterocycles. The van der Waals surface area contributed by atoms with Crippen molar-refractivity contribution in [1.82, 2.24) is 0 Å². The van der Waals surface area contributed by atoms with Crippen LogP contribution in [0.25, 0.3) is 0 Å². The van der Waals surface area contributed by atoms with E-state index in [2.05, 4.69) is 50.4 Å². The van der Waals surface area contributed by atoms with E-state index in [-0.39, 0.29) is 0 Å². The number of nitrogens with two attached hydrogens (primary N) is 1. The van der Waals surface area contributed by atoms with Gasteiger partial charge in [-0.3, -0.25) is 0 Å². The summed E-state index contributed by atoms with van der Waals surface area (Å²) in [6.45, 7) is 8.51. The van der Waals surface area contributed by atoms with Gasteiger partial charge in [0.2, 0.25) is 0 Å². The van der Waals surface area contributed by atoms with Crippen LogP contribution < -0.4 is 11.1 Å². The fourth-order valence-corrected chi connectivity index (χ4v) is 1.91. The van der Waals surface area contributed by atoms with Gasteiger partial charge in [0.15, 0.2) is 0 Å². The highest BCUT2D eigenvalue weighted by atomic mass is 14.9. The summed E-state index contributed by atoms with van der Waals surface area (Å²) in [5.41, 5.74) is 8.16. The molecule has 0 fully saturated rings. The van der Waals surface area contributed by atoms with Gasteiger partial charge in [0.1, 0.15) is 0 Å². The lowest BCUT2D eigenvalue weighted by atomic mass is 10.0. The second-order valence-corrected chi connectivity index (χ2v) is 5.36. The Morgan fingerprint density at radius 1 is 1.12 bits per heavy atom. The summed E-state index contributed by atoms with van der Waals surface area (Å²) in [4.78, 5) is 0. The molecule has 0 spiro atoms. The number of hydrogen-bond acceptors (Lipinski definition) is 2. The highest BCUT2D eigenvalue weighted by Gasteiger charge is 2.01. The number of rotatable bonds is 7. The van der Waals surface area contributed by atoms with Crippen LogP contribution in [-0.2, 0) is 6.42 Å². The molecule has 3 N–H and O–H groups in total. The Balaban J connectivity index is 2.40. The maximum absolute atomic E-state index is 5.54. The lowest BCUT2D eigenvalue weighted by Crippen LogP contribution is -2.15. The minimum Gasteiger partial charge on any atom is -0.385 e. The molecule has 0 aliphatic heterocycles. The topological polar surface area (TPSA) is 38.0 Å². The van der Waals surface area contributed by atoms with Crippen molar-refractivity contribution in [3.05, 3.63) is 29.8 Å². The molecule has 0 amide bonds. The first-order valence-corrected chi connectivity index (χ1v) is 6.64. The van der Waals surface area contributed by atoms with Gasteiger partial charge in [-0.25, -0.2) is 0 Å². The van der Waals surface area contributed by atoms with E-state index in [4.69, 9.17) is 5.73 Å². The maximum Gasteiger partial charge on any atom is 0.0340 e. The predicted molar refractivity (Wildman–Crippen MR) is 76.3 cm³/mol. The molecule has 1 rings (SSSR count). The molecule has 1 aromatic rings. The molecular weight excluding hydrogens is 208 g/mol. The number of benzene rings is 1. The summed E-state index contributed by atoms with van der Waals surface area (Å²) in [5.74, 6) is 1.36. The molecule has 17 heavy (non-hydrogen) atoms. The monoisotopic (exact) mass is 234 g/mol. The molecule has 96 valence electrons. The average molecular weight is 234 g/mol. The zero-order valence-corrected chi connectivity index (χ0v) is 11.4. The van der Waals surface area contributed by atoms with Crippen molar-refractivity contribution in [2.24, 2.45) is 17.6 Å². The highest BCUT2D eigenvalue weighted by Crippen LogP contribution is 2.13. The van der Waals surface area contributed by atoms with Crippen molar-refractivity contribution in [2.45, 2.75) is 33.6 Å². The molecule has 0 radical (unpaired) electrons. The largest absolute Gasteiger partial charge is 0.385 e. The fraction of sp³-hybridized carbons (Fsp3) is 0.600. The minimum absolute atomic E-state index is 0.635. The normalized spacial score (nSPS) is 12.8. The van der Waals surface area contributed by atoms with E-state index in [9.17, 15) is 0 Å². The second-order valence-electron chi connectivity index (χ2n) is 5.36. The maximum atomic E-state index is 5.54. The van der Waals surface area contributed by atoms with Crippen molar-refractivity contribution in [2.75, 3.05) is 18.4 Å². The van der Waals surface area contributed by atoms with E-state index < -0.39 is 0 Å². The number of hydrogen-bond donors (Lipinski definition) is 2. The molecule has 1 unspecified atom stereocenters. The fourth-order valence-electron chi connectivity index (χ4n) is 1.91. The molecule has 0 aromatic heterocycles. The Morgan fingerprint density at radius 2 is 1.76 bits per heavy atom. The van der Waals surface area contributed by atoms with E-state index in [1.54, 1.807) is 0 Å². The predicted octanol–water partition coefficient (Wildman–Crippen LogP) is 3.28. The van der Waals surface area contributed by atoms with Gasteiger partial charge in [-0.2, -0.15) is 0 Å². The van der Waals surface area contributed by atoms with Crippen molar-refractivity contribution < 1.29 is 0 Å². The summed E-state index contributed by atoms with van der Waals surface area (Å²) < 4.78 is 0. The van der Waals surface area contributed by atoms with Crippen LogP contribution in [0.3, 0.4) is 0 Å². The Kier molecular flexibility index (Phi) is 6.06. The first-order valence-electron chi connectivity index (χ1n) is 6.64. The third-order valence-corrected chi connectivity index (χ3v) is 2.91. The Morgan fingerprint density at radius 3 is 2.29 bits per heavy atom. The molecule has 1 aromatic carbocycles. The van der Waals surface area contributed by atoms with E-state index in [0.717, 1.165) is 31.8 Å². The molecule has 2 nitrogen and oxygen atoms in total.